The van der Waals surface area contributed by atoms with E-state index in [0.29, 0.717) is 11.3 Å². The summed E-state index contributed by atoms with van der Waals surface area (Å²) in [5.74, 6) is -0.435. The number of anilines is 1. The van der Waals surface area contributed by atoms with E-state index in [-0.39, 0.29) is 29.6 Å². The van der Waals surface area contributed by atoms with E-state index < -0.39 is 22.5 Å². The summed E-state index contributed by atoms with van der Waals surface area (Å²) in [7, 11) is -2.69. The fourth-order valence-electron chi connectivity index (χ4n) is 1.12. The minimum atomic E-state index is -2.69. The predicted molar refractivity (Wildman–Crippen MR) is 71.3 cm³/mol. The molecule has 0 saturated heterocycles. The van der Waals surface area contributed by atoms with Crippen molar-refractivity contribution in [1.29, 1.82) is 0 Å². The number of hydrogen-bond acceptors (Lipinski definition) is 4. The molecule has 0 unspecified atom stereocenters. The third-order valence-electron chi connectivity index (χ3n) is 1.74. The van der Waals surface area contributed by atoms with Crippen molar-refractivity contribution in [3.63, 3.8) is 0 Å². The average Bonchev–Trinajstić information content (AvgIpc) is 2.15. The van der Waals surface area contributed by atoms with Gasteiger partial charge in [0.25, 0.3) is 0 Å². The van der Waals surface area contributed by atoms with Gasteiger partial charge in [-0.3, -0.25) is 4.72 Å². The third kappa shape index (κ3) is 6.39. The van der Waals surface area contributed by atoms with Crippen molar-refractivity contribution in [3.8, 4) is 0 Å². The van der Waals surface area contributed by atoms with Gasteiger partial charge in [-0.15, -0.1) is 0 Å². The van der Waals surface area contributed by atoms with Crippen LogP contribution >= 0.6 is 0 Å². The molecule has 0 aliphatic rings. The van der Waals surface area contributed by atoms with Gasteiger partial charge in [-0.25, -0.2) is 13.2 Å². The quantitative estimate of drug-likeness (QED) is 0.496. The number of carbonyl (C=O) groups excluding carboxylic acids is 1. The first-order valence-electron chi connectivity index (χ1n) is 5.02. The van der Waals surface area contributed by atoms with Crippen molar-refractivity contribution in [3.05, 3.63) is 29.8 Å². The van der Waals surface area contributed by atoms with Crippen LogP contribution in [-0.4, -0.2) is 49.5 Å². The first-order chi connectivity index (χ1) is 7.78. The summed E-state index contributed by atoms with van der Waals surface area (Å²) < 4.78 is 28.2. The Morgan fingerprint density at radius 1 is 1.17 bits per heavy atom. The molecule has 95 valence electrons. The van der Waals surface area contributed by atoms with Crippen LogP contribution in [0.4, 0.5) is 5.69 Å². The Balaban J connectivity index is 0.00000289. The monoisotopic (exact) mass is 280 g/mol. The summed E-state index contributed by atoms with van der Waals surface area (Å²) in [5, 5.41) is 0. The zero-order valence-electron chi connectivity index (χ0n) is 10.9. The normalized spacial score (nSPS) is 10.7. The van der Waals surface area contributed by atoms with Crippen LogP contribution in [0.5, 0.6) is 0 Å². The maximum absolute atomic E-state index is 11.6. The molecule has 0 bridgehead atoms. The first-order valence-corrected chi connectivity index (χ1v) is 6.20. The van der Waals surface area contributed by atoms with Crippen molar-refractivity contribution in [2.75, 3.05) is 4.72 Å². The fraction of sp³-hybridized carbons (Fsp3) is 0.364. The van der Waals surface area contributed by atoms with E-state index in [9.17, 15) is 13.2 Å². The molecular formula is C11H15NNaO4S. The van der Waals surface area contributed by atoms with Gasteiger partial charge >= 0.3 is 5.97 Å². The van der Waals surface area contributed by atoms with Gasteiger partial charge < -0.3 is 4.74 Å². The summed E-state index contributed by atoms with van der Waals surface area (Å²) in [6, 6.07) is 6.03. The van der Waals surface area contributed by atoms with Gasteiger partial charge in [0.05, 0.1) is 5.56 Å². The second-order valence-electron chi connectivity index (χ2n) is 4.45. The molecule has 1 N–H and O–H groups in total. The molecule has 1 rings (SSSR count). The molecule has 0 amide bonds. The second-order valence-corrected chi connectivity index (χ2v) is 5.19. The molecule has 0 fully saturated rings. The average molecular weight is 280 g/mol. The zero-order chi connectivity index (χ0) is 13.1. The molecule has 1 aromatic rings. The summed E-state index contributed by atoms with van der Waals surface area (Å²) in [6.07, 6.45) is 0. The molecule has 5 nitrogen and oxygen atoms in total. The van der Waals surface area contributed by atoms with Gasteiger partial charge in [-0.1, -0.05) is 0 Å². The summed E-state index contributed by atoms with van der Waals surface area (Å²) >= 11 is 0. The van der Waals surface area contributed by atoms with Crippen molar-refractivity contribution in [1.82, 2.24) is 0 Å². The zero-order valence-corrected chi connectivity index (χ0v) is 13.8. The van der Waals surface area contributed by atoms with Crippen LogP contribution in [0.3, 0.4) is 0 Å². The van der Waals surface area contributed by atoms with E-state index in [4.69, 9.17) is 4.74 Å². The molecule has 0 saturated carbocycles. The SMILES string of the molecule is CC(C)(C)OC(=O)c1ccc(N[SH](=O)=O)cc1.[Na]. The van der Waals surface area contributed by atoms with Crippen LogP contribution in [0.25, 0.3) is 0 Å². The molecule has 7 heteroatoms. The molecule has 1 aromatic carbocycles. The van der Waals surface area contributed by atoms with E-state index in [1.807, 2.05) is 0 Å². The number of nitrogens with one attached hydrogen (secondary N) is 1. The minimum Gasteiger partial charge on any atom is -0.456 e. The number of esters is 1. The second kappa shape index (κ2) is 7.13. The number of ether oxygens (including phenoxy) is 1. The molecule has 1 radical (unpaired) electrons. The van der Waals surface area contributed by atoms with E-state index in [1.165, 1.54) is 24.3 Å². The van der Waals surface area contributed by atoms with Crippen LogP contribution < -0.4 is 4.72 Å². The van der Waals surface area contributed by atoms with Crippen LogP contribution in [-0.2, 0) is 15.6 Å². The van der Waals surface area contributed by atoms with E-state index in [1.54, 1.807) is 20.8 Å². The van der Waals surface area contributed by atoms with Gasteiger partial charge in [-0.05, 0) is 45.0 Å². The summed E-state index contributed by atoms with van der Waals surface area (Å²) in [5.41, 5.74) is 0.242. The Hall–Kier alpha value is -0.560. The van der Waals surface area contributed by atoms with Crippen molar-refractivity contribution < 1.29 is 17.9 Å². The van der Waals surface area contributed by atoms with Gasteiger partial charge in [0.2, 0.25) is 10.9 Å². The molecule has 0 heterocycles. The maximum atomic E-state index is 11.6. The number of thiol groups is 1. The van der Waals surface area contributed by atoms with Gasteiger partial charge in [0, 0.05) is 35.2 Å². The van der Waals surface area contributed by atoms with Gasteiger partial charge in [0.15, 0.2) is 0 Å². The fourth-order valence-corrected chi connectivity index (χ4v) is 1.48. The molecule has 0 aromatic heterocycles. The molecular weight excluding hydrogens is 265 g/mol. The van der Waals surface area contributed by atoms with Crippen LogP contribution in [0, 0.1) is 0 Å². The molecule has 0 aliphatic heterocycles. The molecule has 0 atom stereocenters. The van der Waals surface area contributed by atoms with E-state index in [0.717, 1.165) is 0 Å². The number of rotatable bonds is 3. The van der Waals surface area contributed by atoms with Crippen LogP contribution in [0.2, 0.25) is 0 Å². The Morgan fingerprint density at radius 2 is 1.67 bits per heavy atom. The summed E-state index contributed by atoms with van der Waals surface area (Å²) in [6.45, 7) is 5.34. The number of carbonyl (C=O) groups is 1. The first kappa shape index (κ1) is 17.4. The van der Waals surface area contributed by atoms with Crippen molar-refractivity contribution in [2.45, 2.75) is 26.4 Å². The third-order valence-corrected chi connectivity index (χ3v) is 2.18. The Bertz CT molecular complexity index is 469. The van der Waals surface area contributed by atoms with Crippen LogP contribution in [0.15, 0.2) is 24.3 Å². The van der Waals surface area contributed by atoms with E-state index >= 15 is 0 Å². The van der Waals surface area contributed by atoms with Crippen LogP contribution in [0.1, 0.15) is 31.1 Å². The number of hydrogen-bond donors (Lipinski definition) is 2. The summed E-state index contributed by atoms with van der Waals surface area (Å²) in [4.78, 5) is 11.6. The smallest absolute Gasteiger partial charge is 0.338 e. The minimum absolute atomic E-state index is 0. The largest absolute Gasteiger partial charge is 0.456 e. The van der Waals surface area contributed by atoms with Crippen molar-refractivity contribution in [2.24, 2.45) is 0 Å². The Labute approximate surface area is 130 Å². The van der Waals surface area contributed by atoms with Gasteiger partial charge in [-0.2, -0.15) is 0 Å². The van der Waals surface area contributed by atoms with E-state index in [2.05, 4.69) is 4.72 Å². The standard InChI is InChI=1S/C11H15NO4S.Na/c1-11(2,3)16-10(13)8-4-6-9(7-5-8)12-17(14)15;/h4-7,17H,1-3H3,(H,12,14,15);. The molecule has 0 spiro atoms. The molecule has 18 heavy (non-hydrogen) atoms. The molecule has 0 aliphatic carbocycles. The maximum Gasteiger partial charge on any atom is 0.338 e. The Kier molecular flexibility index (Phi) is 6.91. The topological polar surface area (TPSA) is 72.5 Å². The Morgan fingerprint density at radius 3 is 2.06 bits per heavy atom. The van der Waals surface area contributed by atoms with Crippen molar-refractivity contribution >= 4 is 52.1 Å². The predicted octanol–water partition coefficient (Wildman–Crippen LogP) is 1.20. The van der Waals surface area contributed by atoms with Gasteiger partial charge in [0.1, 0.15) is 5.60 Å². The number of benzene rings is 1.